The van der Waals surface area contributed by atoms with Gasteiger partial charge in [-0.2, -0.15) is 0 Å². The standard InChI is InChI=1S/C21H25N5O2/c1-13-9-14(2)11-24(10-13)18(27)12-25-21(28)26-19(15-7-8-15)22-17-6-4-3-5-16(17)20(26)23-25/h3-6,13-15H,7-12H2,1-2H3/t13-,14+. The van der Waals surface area contributed by atoms with Crippen LogP contribution in [-0.4, -0.2) is 43.1 Å². The van der Waals surface area contributed by atoms with Crippen molar-refractivity contribution in [1.29, 1.82) is 0 Å². The smallest absolute Gasteiger partial charge is 0.341 e. The zero-order chi connectivity index (χ0) is 19.4. The van der Waals surface area contributed by atoms with E-state index in [-0.39, 0.29) is 18.1 Å². The van der Waals surface area contributed by atoms with E-state index in [9.17, 15) is 9.59 Å². The Labute approximate surface area is 163 Å². The molecule has 2 aliphatic rings. The average molecular weight is 379 g/mol. The lowest BCUT2D eigenvalue weighted by Gasteiger charge is -2.34. The molecule has 1 aliphatic carbocycles. The number of piperidine rings is 1. The Morgan fingerprint density at radius 3 is 2.57 bits per heavy atom. The number of benzene rings is 1. The van der Waals surface area contributed by atoms with Gasteiger partial charge in [-0.3, -0.25) is 4.79 Å². The molecule has 2 aromatic heterocycles. The van der Waals surface area contributed by atoms with Crippen LogP contribution in [0.2, 0.25) is 0 Å². The van der Waals surface area contributed by atoms with Crippen molar-refractivity contribution in [3.63, 3.8) is 0 Å². The molecule has 1 aliphatic heterocycles. The fourth-order valence-electron chi connectivity index (χ4n) is 4.54. The Hall–Kier alpha value is -2.70. The maximum atomic E-state index is 13.1. The van der Waals surface area contributed by atoms with Crippen molar-refractivity contribution in [3.05, 3.63) is 40.6 Å². The van der Waals surface area contributed by atoms with Crippen LogP contribution in [0, 0.1) is 11.8 Å². The number of hydrogen-bond acceptors (Lipinski definition) is 4. The molecule has 7 heteroatoms. The molecule has 3 heterocycles. The first kappa shape index (κ1) is 17.4. The molecule has 28 heavy (non-hydrogen) atoms. The van der Waals surface area contributed by atoms with Crippen LogP contribution in [0.1, 0.15) is 44.9 Å². The summed E-state index contributed by atoms with van der Waals surface area (Å²) in [5.41, 5.74) is 1.19. The molecular weight excluding hydrogens is 354 g/mol. The molecule has 146 valence electrons. The van der Waals surface area contributed by atoms with Gasteiger partial charge < -0.3 is 4.90 Å². The first-order chi connectivity index (χ1) is 13.5. The van der Waals surface area contributed by atoms with Crippen molar-refractivity contribution in [2.75, 3.05) is 13.1 Å². The molecule has 1 saturated carbocycles. The van der Waals surface area contributed by atoms with Crippen molar-refractivity contribution in [1.82, 2.24) is 24.1 Å². The second-order valence-electron chi connectivity index (χ2n) is 8.61. The summed E-state index contributed by atoms with van der Waals surface area (Å²) in [6, 6.07) is 7.75. The third kappa shape index (κ3) is 2.89. The average Bonchev–Trinajstić information content (AvgIpc) is 3.46. The molecule has 1 aromatic carbocycles. The number of likely N-dealkylation sites (tertiary alicyclic amines) is 1. The van der Waals surface area contributed by atoms with Gasteiger partial charge in [0.25, 0.3) is 0 Å². The second-order valence-corrected chi connectivity index (χ2v) is 8.61. The van der Waals surface area contributed by atoms with E-state index in [1.54, 1.807) is 4.40 Å². The first-order valence-corrected chi connectivity index (χ1v) is 10.2. The van der Waals surface area contributed by atoms with Crippen LogP contribution >= 0.6 is 0 Å². The summed E-state index contributed by atoms with van der Waals surface area (Å²) in [5, 5.41) is 5.41. The lowest BCUT2D eigenvalue weighted by Crippen LogP contribution is -2.45. The van der Waals surface area contributed by atoms with Gasteiger partial charge in [-0.25, -0.2) is 18.9 Å². The lowest BCUT2D eigenvalue weighted by molar-refractivity contribution is -0.134. The fraction of sp³-hybridized carbons (Fsp3) is 0.524. The fourth-order valence-corrected chi connectivity index (χ4v) is 4.54. The van der Waals surface area contributed by atoms with Crippen LogP contribution in [0.5, 0.6) is 0 Å². The zero-order valence-corrected chi connectivity index (χ0v) is 16.3. The van der Waals surface area contributed by atoms with Gasteiger partial charge in [0.05, 0.1) is 5.52 Å². The minimum absolute atomic E-state index is 0.0155. The van der Waals surface area contributed by atoms with E-state index in [1.807, 2.05) is 29.2 Å². The van der Waals surface area contributed by atoms with E-state index >= 15 is 0 Å². The summed E-state index contributed by atoms with van der Waals surface area (Å²) in [5.74, 6) is 2.02. The van der Waals surface area contributed by atoms with Crippen LogP contribution < -0.4 is 5.69 Å². The third-order valence-electron chi connectivity index (χ3n) is 5.90. The number of aromatic nitrogens is 4. The molecule has 1 saturated heterocycles. The molecule has 1 amide bonds. The SMILES string of the molecule is C[C@@H]1C[C@H](C)CN(C(=O)Cn2nc3c4ccccc4nc(C4CC4)n3c2=O)C1. The van der Waals surface area contributed by atoms with Crippen LogP contribution in [0.25, 0.3) is 16.6 Å². The van der Waals surface area contributed by atoms with Gasteiger partial charge in [-0.1, -0.05) is 26.0 Å². The number of fused-ring (bicyclic) bond motifs is 3. The highest BCUT2D eigenvalue weighted by Crippen LogP contribution is 2.39. The van der Waals surface area contributed by atoms with Gasteiger partial charge in [-0.15, -0.1) is 5.10 Å². The maximum absolute atomic E-state index is 13.1. The summed E-state index contributed by atoms with van der Waals surface area (Å²) in [6.07, 6.45) is 3.22. The predicted molar refractivity (Wildman–Crippen MR) is 106 cm³/mol. The molecule has 5 rings (SSSR count). The largest absolute Gasteiger partial charge is 0.352 e. The zero-order valence-electron chi connectivity index (χ0n) is 16.3. The highest BCUT2D eigenvalue weighted by molar-refractivity contribution is 5.91. The number of hydrogen-bond donors (Lipinski definition) is 0. The Bertz CT molecular complexity index is 1120. The summed E-state index contributed by atoms with van der Waals surface area (Å²) in [6.45, 7) is 5.84. The summed E-state index contributed by atoms with van der Waals surface area (Å²) in [7, 11) is 0. The molecule has 0 spiro atoms. The molecule has 0 radical (unpaired) electrons. The number of carbonyl (C=O) groups is 1. The topological polar surface area (TPSA) is 72.5 Å². The van der Waals surface area contributed by atoms with Crippen LogP contribution in [0.15, 0.2) is 29.1 Å². The Morgan fingerprint density at radius 2 is 1.86 bits per heavy atom. The third-order valence-corrected chi connectivity index (χ3v) is 5.90. The highest BCUT2D eigenvalue weighted by Gasteiger charge is 2.31. The predicted octanol–water partition coefficient (Wildman–Crippen LogP) is 2.43. The Morgan fingerprint density at radius 1 is 1.14 bits per heavy atom. The Kier molecular flexibility index (Phi) is 4.00. The maximum Gasteiger partial charge on any atom is 0.352 e. The number of para-hydroxylation sites is 1. The van der Waals surface area contributed by atoms with Crippen molar-refractivity contribution in [2.24, 2.45) is 11.8 Å². The Balaban J connectivity index is 1.56. The normalized spacial score (nSPS) is 22.9. The van der Waals surface area contributed by atoms with E-state index in [0.717, 1.165) is 49.1 Å². The minimum Gasteiger partial charge on any atom is -0.341 e. The van der Waals surface area contributed by atoms with E-state index < -0.39 is 0 Å². The number of carbonyl (C=O) groups excluding carboxylic acids is 1. The lowest BCUT2D eigenvalue weighted by atomic mass is 9.92. The molecule has 0 bridgehead atoms. The van der Waals surface area contributed by atoms with Crippen molar-refractivity contribution in [2.45, 2.75) is 45.6 Å². The van der Waals surface area contributed by atoms with Crippen molar-refractivity contribution >= 4 is 22.5 Å². The second kappa shape index (κ2) is 6.43. The number of rotatable bonds is 3. The van der Waals surface area contributed by atoms with Gasteiger partial charge in [0, 0.05) is 24.4 Å². The monoisotopic (exact) mass is 379 g/mol. The molecule has 2 fully saturated rings. The summed E-state index contributed by atoms with van der Waals surface area (Å²) in [4.78, 5) is 32.6. The van der Waals surface area contributed by atoms with Gasteiger partial charge in [0.15, 0.2) is 5.65 Å². The molecule has 3 aromatic rings. The number of nitrogens with zero attached hydrogens (tertiary/aromatic N) is 5. The van der Waals surface area contributed by atoms with Gasteiger partial charge in [0.2, 0.25) is 5.91 Å². The number of amides is 1. The van der Waals surface area contributed by atoms with Crippen LogP contribution in [-0.2, 0) is 11.3 Å². The van der Waals surface area contributed by atoms with E-state index in [2.05, 4.69) is 18.9 Å². The van der Waals surface area contributed by atoms with Gasteiger partial charge in [0.1, 0.15) is 12.4 Å². The van der Waals surface area contributed by atoms with E-state index in [1.165, 1.54) is 4.68 Å². The minimum atomic E-state index is -0.262. The first-order valence-electron chi connectivity index (χ1n) is 10.2. The van der Waals surface area contributed by atoms with Gasteiger partial charge in [-0.05, 0) is 43.2 Å². The highest BCUT2D eigenvalue weighted by atomic mass is 16.2. The quantitative estimate of drug-likeness (QED) is 0.701. The van der Waals surface area contributed by atoms with Gasteiger partial charge >= 0.3 is 5.69 Å². The van der Waals surface area contributed by atoms with E-state index in [4.69, 9.17) is 4.98 Å². The van der Waals surface area contributed by atoms with E-state index in [0.29, 0.717) is 23.4 Å². The molecule has 0 N–H and O–H groups in total. The molecule has 0 unspecified atom stereocenters. The van der Waals surface area contributed by atoms with Crippen molar-refractivity contribution in [3.8, 4) is 0 Å². The summed E-state index contributed by atoms with van der Waals surface area (Å²) < 4.78 is 2.94. The summed E-state index contributed by atoms with van der Waals surface area (Å²) >= 11 is 0. The van der Waals surface area contributed by atoms with Crippen LogP contribution in [0.4, 0.5) is 0 Å². The van der Waals surface area contributed by atoms with Crippen molar-refractivity contribution < 1.29 is 4.79 Å². The molecule has 2 atom stereocenters. The molecular formula is C21H25N5O2. The van der Waals surface area contributed by atoms with Crippen LogP contribution in [0.3, 0.4) is 0 Å². The molecule has 7 nitrogen and oxygen atoms in total.